The number of nitrogens with one attached hydrogen (secondary N) is 1. The number of thiazole rings is 1. The Bertz CT molecular complexity index is 919. The molecule has 2 aliphatic rings. The molecule has 1 unspecified atom stereocenters. The van der Waals surface area contributed by atoms with E-state index in [4.69, 9.17) is 4.74 Å². The first-order valence-electron chi connectivity index (χ1n) is 11.1. The highest BCUT2D eigenvalue weighted by Crippen LogP contribution is 2.39. The number of aryl methyl sites for hydroxylation is 2. The van der Waals surface area contributed by atoms with E-state index in [0.717, 1.165) is 46.8 Å². The predicted octanol–water partition coefficient (Wildman–Crippen LogP) is 3.87. The molecule has 31 heavy (non-hydrogen) atoms. The minimum atomic E-state index is -0.196. The number of ether oxygens (including phenoxy) is 1. The Hall–Kier alpha value is -2.25. The molecule has 1 N–H and O–H groups in total. The molecule has 4 rings (SSSR count). The molecule has 2 saturated heterocycles. The molecule has 166 valence electrons. The van der Waals surface area contributed by atoms with E-state index in [2.05, 4.69) is 10.3 Å². The van der Waals surface area contributed by atoms with Crippen molar-refractivity contribution in [1.82, 2.24) is 15.2 Å². The summed E-state index contributed by atoms with van der Waals surface area (Å²) >= 11 is 1.48. The monoisotopic (exact) mass is 441 g/mol. The summed E-state index contributed by atoms with van der Waals surface area (Å²) in [6, 6.07) is 9.99. The first-order chi connectivity index (χ1) is 14.9. The van der Waals surface area contributed by atoms with Gasteiger partial charge in [-0.2, -0.15) is 0 Å². The lowest BCUT2D eigenvalue weighted by molar-refractivity contribution is -0.134. The van der Waals surface area contributed by atoms with Crippen molar-refractivity contribution < 1.29 is 14.3 Å². The largest absolute Gasteiger partial charge is 0.375 e. The van der Waals surface area contributed by atoms with Gasteiger partial charge in [0.05, 0.1) is 16.3 Å². The molecular formula is C24H31N3O3S. The van der Waals surface area contributed by atoms with Gasteiger partial charge in [-0.15, -0.1) is 11.3 Å². The average Bonchev–Trinajstić information content (AvgIpc) is 3.11. The van der Waals surface area contributed by atoms with Crippen LogP contribution in [0.4, 0.5) is 0 Å². The molecule has 1 aromatic carbocycles. The van der Waals surface area contributed by atoms with Gasteiger partial charge in [-0.1, -0.05) is 30.3 Å². The van der Waals surface area contributed by atoms with Crippen LogP contribution in [-0.2, 0) is 16.1 Å². The van der Waals surface area contributed by atoms with E-state index in [1.165, 1.54) is 11.3 Å². The van der Waals surface area contributed by atoms with Crippen LogP contribution < -0.4 is 5.32 Å². The summed E-state index contributed by atoms with van der Waals surface area (Å²) in [4.78, 5) is 32.5. The quantitative estimate of drug-likeness (QED) is 0.765. The average molecular weight is 442 g/mol. The van der Waals surface area contributed by atoms with Crippen molar-refractivity contribution in [3.05, 3.63) is 51.5 Å². The molecule has 2 fully saturated rings. The second-order valence-corrected chi connectivity index (χ2v) is 10.00. The van der Waals surface area contributed by atoms with Crippen LogP contribution in [0.1, 0.15) is 58.0 Å². The number of aromatic nitrogens is 1. The van der Waals surface area contributed by atoms with Gasteiger partial charge in [0, 0.05) is 32.7 Å². The summed E-state index contributed by atoms with van der Waals surface area (Å²) in [6.07, 6.45) is 4.02. The molecule has 0 bridgehead atoms. The molecule has 0 saturated carbocycles. The highest BCUT2D eigenvalue weighted by atomic mass is 32.1. The molecule has 2 amide bonds. The topological polar surface area (TPSA) is 71.5 Å². The molecule has 3 heterocycles. The molecule has 6 nitrogen and oxygen atoms in total. The summed E-state index contributed by atoms with van der Waals surface area (Å²) in [5, 5.41) is 3.98. The Kier molecular flexibility index (Phi) is 6.72. The van der Waals surface area contributed by atoms with E-state index < -0.39 is 0 Å². The van der Waals surface area contributed by atoms with Crippen molar-refractivity contribution in [3.63, 3.8) is 0 Å². The maximum absolute atomic E-state index is 12.9. The highest BCUT2D eigenvalue weighted by molar-refractivity contribution is 7.13. The highest BCUT2D eigenvalue weighted by Gasteiger charge is 2.41. The third-order valence-electron chi connectivity index (χ3n) is 6.46. The fourth-order valence-electron chi connectivity index (χ4n) is 4.77. The minimum Gasteiger partial charge on any atom is -0.375 e. The van der Waals surface area contributed by atoms with Gasteiger partial charge in [-0.25, -0.2) is 4.98 Å². The van der Waals surface area contributed by atoms with Crippen LogP contribution in [0.15, 0.2) is 30.3 Å². The zero-order valence-corrected chi connectivity index (χ0v) is 19.2. The van der Waals surface area contributed by atoms with Gasteiger partial charge >= 0.3 is 0 Å². The molecular weight excluding hydrogens is 410 g/mol. The number of amides is 2. The zero-order valence-electron chi connectivity index (χ0n) is 18.4. The van der Waals surface area contributed by atoms with Crippen molar-refractivity contribution in [2.75, 3.05) is 19.7 Å². The second kappa shape index (κ2) is 9.49. The van der Waals surface area contributed by atoms with E-state index in [-0.39, 0.29) is 17.4 Å². The van der Waals surface area contributed by atoms with E-state index in [0.29, 0.717) is 38.6 Å². The van der Waals surface area contributed by atoms with Crippen LogP contribution >= 0.6 is 11.3 Å². The lowest BCUT2D eigenvalue weighted by Crippen LogP contribution is -2.51. The molecule has 1 atom stereocenters. The number of hydrogen-bond acceptors (Lipinski definition) is 5. The van der Waals surface area contributed by atoms with E-state index >= 15 is 0 Å². The number of benzene rings is 1. The summed E-state index contributed by atoms with van der Waals surface area (Å²) in [6.45, 7) is 6.50. The van der Waals surface area contributed by atoms with Crippen molar-refractivity contribution in [1.29, 1.82) is 0 Å². The van der Waals surface area contributed by atoms with E-state index in [1.807, 2.05) is 49.1 Å². The molecule has 1 aromatic heterocycles. The number of piperidine rings is 1. The van der Waals surface area contributed by atoms with Crippen molar-refractivity contribution in [2.45, 2.75) is 58.1 Å². The Morgan fingerprint density at radius 2 is 1.97 bits per heavy atom. The first kappa shape index (κ1) is 22.0. The number of nitrogens with zero attached hydrogens (tertiary/aromatic N) is 2. The van der Waals surface area contributed by atoms with Gasteiger partial charge < -0.3 is 15.0 Å². The Balaban J connectivity index is 1.28. The first-order valence-corrected chi connectivity index (χ1v) is 11.9. The molecule has 0 aliphatic carbocycles. The molecule has 2 aliphatic heterocycles. The SMILES string of the molecule is Cc1nc(C)c(C(=O)N2CCC3(CC2)CC(CC(=O)NCc2ccccc2)CCO3)s1. The fourth-order valence-corrected chi connectivity index (χ4v) is 5.66. The minimum absolute atomic E-state index is 0.0885. The Morgan fingerprint density at radius 3 is 2.65 bits per heavy atom. The fraction of sp³-hybridized carbons (Fsp3) is 0.542. The Labute approximate surface area is 188 Å². The molecule has 1 spiro atoms. The van der Waals surface area contributed by atoms with E-state index in [1.54, 1.807) is 0 Å². The third-order valence-corrected chi connectivity index (χ3v) is 7.52. The number of hydrogen-bond donors (Lipinski definition) is 1. The summed E-state index contributed by atoms with van der Waals surface area (Å²) in [5.74, 6) is 0.526. The summed E-state index contributed by atoms with van der Waals surface area (Å²) in [5.41, 5.74) is 1.74. The number of likely N-dealkylation sites (tertiary alicyclic amines) is 1. The molecule has 0 radical (unpaired) electrons. The van der Waals surface area contributed by atoms with E-state index in [9.17, 15) is 9.59 Å². The molecule has 7 heteroatoms. The third kappa shape index (κ3) is 5.33. The van der Waals surface area contributed by atoms with Gasteiger partial charge in [0.25, 0.3) is 5.91 Å². The van der Waals surface area contributed by atoms with Gasteiger partial charge in [0.2, 0.25) is 5.91 Å². The van der Waals surface area contributed by atoms with Gasteiger partial charge in [-0.05, 0) is 51.0 Å². The van der Waals surface area contributed by atoms with Crippen LogP contribution in [0.2, 0.25) is 0 Å². The standard InChI is InChI=1S/C24H31N3O3S/c1-17-22(31-18(2)26-17)23(29)27-11-9-24(10-12-27)15-20(8-13-30-24)14-21(28)25-16-19-6-4-3-5-7-19/h3-7,20H,8-16H2,1-2H3,(H,25,28). The van der Waals surface area contributed by atoms with Gasteiger partial charge in [-0.3, -0.25) is 9.59 Å². The second-order valence-electron chi connectivity index (χ2n) is 8.80. The number of carbonyl (C=O) groups excluding carboxylic acids is 2. The number of carbonyl (C=O) groups is 2. The van der Waals surface area contributed by atoms with Crippen LogP contribution in [0.3, 0.4) is 0 Å². The molecule has 2 aromatic rings. The smallest absolute Gasteiger partial charge is 0.265 e. The zero-order chi connectivity index (χ0) is 21.8. The van der Waals surface area contributed by atoms with Crippen LogP contribution in [0, 0.1) is 19.8 Å². The van der Waals surface area contributed by atoms with Crippen molar-refractivity contribution in [2.24, 2.45) is 5.92 Å². The van der Waals surface area contributed by atoms with Gasteiger partial charge in [0.15, 0.2) is 0 Å². The van der Waals surface area contributed by atoms with Crippen LogP contribution in [0.5, 0.6) is 0 Å². The maximum atomic E-state index is 12.9. The lowest BCUT2D eigenvalue weighted by Gasteiger charge is -2.46. The normalized spacial score (nSPS) is 20.6. The lowest BCUT2D eigenvalue weighted by atomic mass is 9.78. The summed E-state index contributed by atoms with van der Waals surface area (Å²) in [7, 11) is 0. The number of rotatable bonds is 5. The van der Waals surface area contributed by atoms with Crippen molar-refractivity contribution >= 4 is 23.2 Å². The predicted molar refractivity (Wildman–Crippen MR) is 121 cm³/mol. The van der Waals surface area contributed by atoms with Crippen molar-refractivity contribution in [3.8, 4) is 0 Å². The van der Waals surface area contributed by atoms with Crippen LogP contribution in [-0.4, -0.2) is 47.0 Å². The van der Waals surface area contributed by atoms with Gasteiger partial charge in [0.1, 0.15) is 4.88 Å². The van der Waals surface area contributed by atoms with Crippen LogP contribution in [0.25, 0.3) is 0 Å². The Morgan fingerprint density at radius 1 is 1.23 bits per heavy atom. The maximum Gasteiger partial charge on any atom is 0.265 e. The summed E-state index contributed by atoms with van der Waals surface area (Å²) < 4.78 is 6.23.